The third kappa shape index (κ3) is 5.60. The van der Waals surface area contributed by atoms with Crippen molar-refractivity contribution in [3.05, 3.63) is 58.1 Å². The number of ether oxygens (including phenoxy) is 1. The normalized spacial score (nSPS) is 14.1. The number of hydrogen-bond acceptors (Lipinski definition) is 8. The number of fused-ring (bicyclic) bond motifs is 1. The van der Waals surface area contributed by atoms with Crippen LogP contribution in [0.15, 0.2) is 57.6 Å². The molecule has 37 heavy (non-hydrogen) atoms. The Morgan fingerprint density at radius 3 is 2.68 bits per heavy atom. The van der Waals surface area contributed by atoms with E-state index >= 15 is 0 Å². The Hall–Kier alpha value is -3.50. The standard InChI is InChI=1S/C27H27N3O5S2/c1-34-26(33)18-10-13-29(14-11-18)24(31)9-4-12-30(25(32)23-8-5-15-36-23)27-28-20(17-37-27)22-16-19-6-2-3-7-21(19)35-22/h2-3,5-8,15-18H,4,9-14H2,1H3. The highest BCUT2D eigenvalue weighted by atomic mass is 32.1. The van der Waals surface area contributed by atoms with Gasteiger partial charge in [0.2, 0.25) is 5.91 Å². The van der Waals surface area contributed by atoms with Gasteiger partial charge in [0.25, 0.3) is 5.91 Å². The molecule has 5 rings (SSSR count). The molecular formula is C27H27N3O5S2. The summed E-state index contributed by atoms with van der Waals surface area (Å²) in [7, 11) is 1.39. The highest BCUT2D eigenvalue weighted by Crippen LogP contribution is 2.32. The Labute approximate surface area is 222 Å². The lowest BCUT2D eigenvalue weighted by Gasteiger charge is -2.31. The SMILES string of the molecule is COC(=O)C1CCN(C(=O)CCCN(C(=O)c2cccs2)c2nc(-c3cc4ccccc4o3)cs2)CC1. The largest absolute Gasteiger partial charge is 0.469 e. The van der Waals surface area contributed by atoms with Gasteiger partial charge in [-0.2, -0.15) is 0 Å². The number of thiazole rings is 1. The number of para-hydroxylation sites is 1. The van der Waals surface area contributed by atoms with Crippen LogP contribution >= 0.6 is 22.7 Å². The number of esters is 1. The molecule has 2 amide bonds. The molecule has 0 N–H and O–H groups in total. The average Bonchev–Trinajstić information content (AvgIpc) is 3.71. The van der Waals surface area contributed by atoms with Crippen molar-refractivity contribution in [2.45, 2.75) is 25.7 Å². The second-order valence-corrected chi connectivity index (χ2v) is 10.7. The molecule has 192 valence electrons. The lowest BCUT2D eigenvalue weighted by molar-refractivity contribution is -0.148. The molecule has 0 bridgehead atoms. The molecular weight excluding hydrogens is 510 g/mol. The molecule has 0 radical (unpaired) electrons. The van der Waals surface area contributed by atoms with Crippen molar-refractivity contribution in [1.29, 1.82) is 0 Å². The van der Waals surface area contributed by atoms with Gasteiger partial charge in [0.15, 0.2) is 10.9 Å². The molecule has 0 unspecified atom stereocenters. The molecule has 1 fully saturated rings. The molecule has 1 saturated heterocycles. The first kappa shape index (κ1) is 25.2. The maximum absolute atomic E-state index is 13.3. The number of likely N-dealkylation sites (tertiary alicyclic amines) is 1. The molecule has 8 nitrogen and oxygen atoms in total. The lowest BCUT2D eigenvalue weighted by atomic mass is 9.97. The van der Waals surface area contributed by atoms with E-state index in [1.807, 2.05) is 47.2 Å². The summed E-state index contributed by atoms with van der Waals surface area (Å²) in [5.41, 5.74) is 1.46. The Morgan fingerprint density at radius 2 is 1.95 bits per heavy atom. The van der Waals surface area contributed by atoms with E-state index in [2.05, 4.69) is 0 Å². The fourth-order valence-corrected chi connectivity index (χ4v) is 6.01. The Bertz CT molecular complexity index is 1350. The molecule has 0 saturated carbocycles. The summed E-state index contributed by atoms with van der Waals surface area (Å²) in [6.45, 7) is 1.46. The van der Waals surface area contributed by atoms with Crippen molar-refractivity contribution >= 4 is 56.6 Å². The number of nitrogens with zero attached hydrogens (tertiary/aromatic N) is 3. The zero-order chi connectivity index (χ0) is 25.8. The highest BCUT2D eigenvalue weighted by molar-refractivity contribution is 7.14. The number of rotatable bonds is 8. The van der Waals surface area contributed by atoms with Gasteiger partial charge in [-0.3, -0.25) is 19.3 Å². The minimum atomic E-state index is -0.208. The molecule has 10 heteroatoms. The summed E-state index contributed by atoms with van der Waals surface area (Å²) in [5, 5.41) is 5.32. The topological polar surface area (TPSA) is 93.0 Å². The van der Waals surface area contributed by atoms with Gasteiger partial charge in [-0.1, -0.05) is 24.3 Å². The molecule has 4 aromatic rings. The lowest BCUT2D eigenvalue weighted by Crippen LogP contribution is -2.41. The van der Waals surface area contributed by atoms with Gasteiger partial charge in [0.1, 0.15) is 11.3 Å². The van der Waals surface area contributed by atoms with Crippen LogP contribution in [-0.4, -0.2) is 54.4 Å². The maximum atomic E-state index is 13.3. The van der Waals surface area contributed by atoms with Gasteiger partial charge in [0, 0.05) is 36.8 Å². The van der Waals surface area contributed by atoms with Crippen LogP contribution in [-0.2, 0) is 14.3 Å². The third-order valence-corrected chi connectivity index (χ3v) is 8.25. The van der Waals surface area contributed by atoms with Crippen molar-refractivity contribution in [1.82, 2.24) is 9.88 Å². The number of amides is 2. The van der Waals surface area contributed by atoms with Crippen molar-refractivity contribution in [3.8, 4) is 11.5 Å². The first-order valence-electron chi connectivity index (χ1n) is 12.2. The first-order chi connectivity index (χ1) is 18.0. The second-order valence-electron chi connectivity index (χ2n) is 8.88. The van der Waals surface area contributed by atoms with Gasteiger partial charge >= 0.3 is 5.97 Å². The zero-order valence-electron chi connectivity index (χ0n) is 20.4. The van der Waals surface area contributed by atoms with Crippen LogP contribution in [0.2, 0.25) is 0 Å². The molecule has 3 aromatic heterocycles. The van der Waals surface area contributed by atoms with Crippen molar-refractivity contribution in [3.63, 3.8) is 0 Å². The predicted octanol–water partition coefficient (Wildman–Crippen LogP) is 5.46. The predicted molar refractivity (Wildman–Crippen MR) is 144 cm³/mol. The number of hydrogen-bond donors (Lipinski definition) is 0. The van der Waals surface area contributed by atoms with Crippen molar-refractivity contribution in [2.24, 2.45) is 5.92 Å². The summed E-state index contributed by atoms with van der Waals surface area (Å²) in [5.74, 6) is 0.206. The average molecular weight is 538 g/mol. The Morgan fingerprint density at radius 1 is 1.14 bits per heavy atom. The molecule has 4 heterocycles. The number of methoxy groups -OCH3 is 1. The molecule has 1 aliphatic heterocycles. The number of furan rings is 1. The van der Waals surface area contributed by atoms with Gasteiger partial charge < -0.3 is 14.1 Å². The molecule has 0 atom stereocenters. The summed E-state index contributed by atoms with van der Waals surface area (Å²) in [6, 6.07) is 13.4. The minimum Gasteiger partial charge on any atom is -0.469 e. The van der Waals surface area contributed by atoms with E-state index in [0.717, 1.165) is 11.0 Å². The van der Waals surface area contributed by atoms with Gasteiger partial charge in [0.05, 0.1) is 17.9 Å². The van der Waals surface area contributed by atoms with Crippen LogP contribution in [0.25, 0.3) is 22.4 Å². The van der Waals surface area contributed by atoms with Crippen LogP contribution < -0.4 is 4.90 Å². The van der Waals surface area contributed by atoms with E-state index in [-0.39, 0.29) is 23.7 Å². The zero-order valence-corrected chi connectivity index (χ0v) is 22.1. The number of piperidine rings is 1. The number of anilines is 1. The van der Waals surface area contributed by atoms with E-state index in [4.69, 9.17) is 14.1 Å². The van der Waals surface area contributed by atoms with Gasteiger partial charge in [-0.25, -0.2) is 4.98 Å². The molecule has 0 spiro atoms. The highest BCUT2D eigenvalue weighted by Gasteiger charge is 2.28. The number of aromatic nitrogens is 1. The number of benzene rings is 1. The monoisotopic (exact) mass is 537 g/mol. The van der Waals surface area contributed by atoms with Gasteiger partial charge in [-0.15, -0.1) is 22.7 Å². The number of carbonyl (C=O) groups excluding carboxylic acids is 3. The maximum Gasteiger partial charge on any atom is 0.308 e. The third-order valence-electron chi connectivity index (χ3n) is 6.53. The smallest absolute Gasteiger partial charge is 0.308 e. The summed E-state index contributed by atoms with van der Waals surface area (Å²) in [6.07, 6.45) is 2.06. The summed E-state index contributed by atoms with van der Waals surface area (Å²) < 4.78 is 10.8. The van der Waals surface area contributed by atoms with Crippen LogP contribution in [0.3, 0.4) is 0 Å². The Kier molecular flexibility index (Phi) is 7.66. The second kappa shape index (κ2) is 11.3. The van der Waals surface area contributed by atoms with E-state index in [1.165, 1.54) is 29.8 Å². The van der Waals surface area contributed by atoms with Crippen LogP contribution in [0.4, 0.5) is 5.13 Å². The van der Waals surface area contributed by atoms with Crippen molar-refractivity contribution in [2.75, 3.05) is 31.6 Å². The minimum absolute atomic E-state index is 0.0361. The van der Waals surface area contributed by atoms with E-state index in [9.17, 15) is 14.4 Å². The summed E-state index contributed by atoms with van der Waals surface area (Å²) >= 11 is 2.76. The molecule has 1 aliphatic rings. The van der Waals surface area contributed by atoms with E-state index in [1.54, 1.807) is 15.9 Å². The fourth-order valence-electron chi connectivity index (χ4n) is 4.50. The number of thiophene rings is 1. The van der Waals surface area contributed by atoms with Crippen LogP contribution in [0.5, 0.6) is 0 Å². The van der Waals surface area contributed by atoms with Gasteiger partial charge in [-0.05, 0) is 42.8 Å². The Balaban J connectivity index is 1.26. The fraction of sp³-hybridized carbons (Fsp3) is 0.333. The van der Waals surface area contributed by atoms with E-state index < -0.39 is 0 Å². The molecule has 1 aromatic carbocycles. The number of carbonyl (C=O) groups is 3. The van der Waals surface area contributed by atoms with Crippen molar-refractivity contribution < 1.29 is 23.5 Å². The molecule has 0 aliphatic carbocycles. The summed E-state index contributed by atoms with van der Waals surface area (Å²) in [4.78, 5) is 46.7. The quantitative estimate of drug-likeness (QED) is 0.277. The van der Waals surface area contributed by atoms with Crippen LogP contribution in [0, 0.1) is 5.92 Å². The first-order valence-corrected chi connectivity index (χ1v) is 13.9. The van der Waals surface area contributed by atoms with Crippen LogP contribution in [0.1, 0.15) is 35.4 Å². The van der Waals surface area contributed by atoms with E-state index in [0.29, 0.717) is 66.8 Å².